The van der Waals surface area contributed by atoms with Crippen molar-refractivity contribution in [2.75, 3.05) is 39.6 Å². The number of phosphoric acid groups is 2. The lowest BCUT2D eigenvalue weighted by atomic mass is 10.0. The Kier molecular flexibility index (Phi) is 62.7. The molecule has 0 radical (unpaired) electrons. The van der Waals surface area contributed by atoms with Gasteiger partial charge in [0.1, 0.15) is 19.3 Å². The number of aliphatic hydroxyl groups excluding tert-OH is 1. The Morgan fingerprint density at radius 2 is 0.505 bits per heavy atom. The molecule has 0 aromatic rings. The lowest BCUT2D eigenvalue weighted by Gasteiger charge is -2.21. The normalized spacial score (nSPS) is 14.1. The van der Waals surface area contributed by atoms with Gasteiger partial charge in [0.05, 0.1) is 26.4 Å². The average Bonchev–Trinajstić information content (AvgIpc) is 3.72. The average molecular weight is 1340 g/mol. The number of hydrogen-bond acceptors (Lipinski definition) is 15. The van der Waals surface area contributed by atoms with E-state index >= 15 is 0 Å². The largest absolute Gasteiger partial charge is 0.472 e. The summed E-state index contributed by atoms with van der Waals surface area (Å²) in [4.78, 5) is 72.5. The molecular formula is C72H140O17P2. The molecule has 19 heteroatoms. The number of phosphoric ester groups is 2. The fourth-order valence-electron chi connectivity index (χ4n) is 10.9. The molecule has 17 nitrogen and oxygen atoms in total. The van der Waals surface area contributed by atoms with Crippen LogP contribution >= 0.6 is 15.6 Å². The van der Waals surface area contributed by atoms with Gasteiger partial charge in [-0.05, 0) is 37.5 Å². The van der Waals surface area contributed by atoms with Crippen molar-refractivity contribution in [3.8, 4) is 0 Å². The molecule has 0 amide bonds. The van der Waals surface area contributed by atoms with E-state index in [0.29, 0.717) is 37.5 Å². The van der Waals surface area contributed by atoms with Gasteiger partial charge in [-0.25, -0.2) is 9.13 Å². The van der Waals surface area contributed by atoms with E-state index in [1.165, 1.54) is 180 Å². The molecule has 540 valence electrons. The third kappa shape index (κ3) is 66.5. The highest BCUT2D eigenvalue weighted by Crippen LogP contribution is 2.45. The summed E-state index contributed by atoms with van der Waals surface area (Å²) in [6.07, 6.45) is 50.3. The number of carbonyl (C=O) groups excluding carboxylic acids is 4. The highest BCUT2D eigenvalue weighted by molar-refractivity contribution is 7.47. The molecule has 0 saturated carbocycles. The number of ether oxygens (including phenoxy) is 4. The SMILES string of the molecule is CCCCCCCCCCCCCCCCCCCCCCC(=O)O[C@H](COC(=O)CCCCCCCCCCCCC)COP(=O)(O)OC[C@@H](O)COP(=O)(O)OC[C@@H](COC(=O)CCCCCCCCCC(C)C)OC(=O)CCCCCCCCCC(C)C. The minimum absolute atomic E-state index is 0.103. The molecule has 5 atom stereocenters. The summed E-state index contributed by atoms with van der Waals surface area (Å²) in [6, 6.07) is 0. The second kappa shape index (κ2) is 64.1. The monoisotopic (exact) mass is 1340 g/mol. The van der Waals surface area contributed by atoms with Crippen LogP contribution in [-0.2, 0) is 65.4 Å². The Bertz CT molecular complexity index is 1770. The van der Waals surface area contributed by atoms with Gasteiger partial charge in [-0.1, -0.05) is 318 Å². The minimum Gasteiger partial charge on any atom is -0.462 e. The lowest BCUT2D eigenvalue weighted by molar-refractivity contribution is -0.161. The predicted molar refractivity (Wildman–Crippen MR) is 368 cm³/mol. The molecule has 91 heavy (non-hydrogen) atoms. The van der Waals surface area contributed by atoms with E-state index in [9.17, 15) is 43.2 Å². The quantitative estimate of drug-likeness (QED) is 0.0222. The van der Waals surface area contributed by atoms with Crippen molar-refractivity contribution in [3.63, 3.8) is 0 Å². The van der Waals surface area contributed by atoms with E-state index in [2.05, 4.69) is 41.5 Å². The summed E-state index contributed by atoms with van der Waals surface area (Å²) in [6.45, 7) is 9.43. The smallest absolute Gasteiger partial charge is 0.462 e. The van der Waals surface area contributed by atoms with Gasteiger partial charge in [-0.3, -0.25) is 37.3 Å². The van der Waals surface area contributed by atoms with Crippen LogP contribution in [0.5, 0.6) is 0 Å². The summed E-state index contributed by atoms with van der Waals surface area (Å²) >= 11 is 0. The van der Waals surface area contributed by atoms with E-state index in [-0.39, 0.29) is 25.7 Å². The second-order valence-electron chi connectivity index (χ2n) is 26.9. The first kappa shape index (κ1) is 89.1. The van der Waals surface area contributed by atoms with Crippen molar-refractivity contribution in [1.82, 2.24) is 0 Å². The number of carbonyl (C=O) groups is 4. The summed E-state index contributed by atoms with van der Waals surface area (Å²) in [5, 5.41) is 10.6. The fraction of sp³-hybridized carbons (Fsp3) is 0.944. The van der Waals surface area contributed by atoms with Crippen molar-refractivity contribution in [3.05, 3.63) is 0 Å². The van der Waals surface area contributed by atoms with Crippen molar-refractivity contribution >= 4 is 39.5 Å². The van der Waals surface area contributed by atoms with Gasteiger partial charge in [0.15, 0.2) is 12.2 Å². The van der Waals surface area contributed by atoms with Gasteiger partial charge in [0.25, 0.3) is 0 Å². The third-order valence-corrected chi connectivity index (χ3v) is 18.6. The van der Waals surface area contributed by atoms with E-state index in [4.69, 9.17) is 37.0 Å². The zero-order chi connectivity index (χ0) is 67.2. The zero-order valence-corrected chi connectivity index (χ0v) is 60.9. The molecule has 0 aliphatic carbocycles. The molecule has 0 bridgehead atoms. The molecule has 0 spiro atoms. The second-order valence-corrected chi connectivity index (χ2v) is 29.8. The van der Waals surface area contributed by atoms with Crippen LogP contribution in [-0.4, -0.2) is 96.7 Å². The Hall–Kier alpha value is -1.94. The highest BCUT2D eigenvalue weighted by Gasteiger charge is 2.30. The molecule has 0 aromatic carbocycles. The van der Waals surface area contributed by atoms with E-state index in [1.54, 1.807) is 0 Å². The van der Waals surface area contributed by atoms with Crippen LogP contribution in [0, 0.1) is 11.8 Å². The third-order valence-electron chi connectivity index (χ3n) is 16.7. The molecule has 0 aromatic heterocycles. The van der Waals surface area contributed by atoms with Gasteiger partial charge in [-0.15, -0.1) is 0 Å². The van der Waals surface area contributed by atoms with Gasteiger partial charge < -0.3 is 33.8 Å². The minimum atomic E-state index is -4.95. The first-order chi connectivity index (χ1) is 43.9. The Morgan fingerprint density at radius 3 is 0.747 bits per heavy atom. The van der Waals surface area contributed by atoms with Crippen molar-refractivity contribution in [2.24, 2.45) is 11.8 Å². The Labute approximate surface area is 556 Å². The van der Waals surface area contributed by atoms with Crippen LogP contribution < -0.4 is 0 Å². The van der Waals surface area contributed by atoms with Crippen LogP contribution in [0.25, 0.3) is 0 Å². The van der Waals surface area contributed by atoms with Gasteiger partial charge in [0, 0.05) is 25.7 Å². The summed E-state index contributed by atoms with van der Waals surface area (Å²) < 4.78 is 68.3. The molecule has 2 unspecified atom stereocenters. The van der Waals surface area contributed by atoms with Crippen LogP contribution in [0.4, 0.5) is 0 Å². The number of unbranched alkanes of at least 4 members (excludes halogenated alkanes) is 41. The van der Waals surface area contributed by atoms with Gasteiger partial charge in [0.2, 0.25) is 0 Å². The topological polar surface area (TPSA) is 237 Å². The molecule has 0 aliphatic heterocycles. The maximum atomic E-state index is 13.0. The van der Waals surface area contributed by atoms with Crippen LogP contribution in [0.3, 0.4) is 0 Å². The lowest BCUT2D eigenvalue weighted by Crippen LogP contribution is -2.30. The number of hydrogen-bond donors (Lipinski definition) is 3. The molecule has 0 heterocycles. The summed E-state index contributed by atoms with van der Waals surface area (Å²) in [5.74, 6) is -0.725. The number of esters is 4. The first-order valence-electron chi connectivity index (χ1n) is 37.5. The standard InChI is InChI=1S/C72H140O17P2/c1-7-9-11-13-15-17-19-20-21-22-23-24-25-26-27-29-31-37-44-50-56-71(76)88-67(60-82-69(74)54-48-42-36-30-28-18-16-14-12-10-8-2)62-86-90(78,79)84-58-66(73)59-85-91(80,81)87-63-68(89-72(77)57-51-45-39-33-35-41-47-53-65(5)6)61-83-70(75)55-49-43-38-32-34-40-46-52-64(3)4/h64-68,73H,7-63H2,1-6H3,(H,78,79)(H,80,81)/t66-,67-,68-/m1/s1. The highest BCUT2D eigenvalue weighted by atomic mass is 31.2. The molecular weight excluding hydrogens is 1200 g/mol. The first-order valence-corrected chi connectivity index (χ1v) is 40.5. The Morgan fingerprint density at radius 1 is 0.297 bits per heavy atom. The summed E-state index contributed by atoms with van der Waals surface area (Å²) in [7, 11) is -9.90. The fourth-order valence-corrected chi connectivity index (χ4v) is 12.5. The molecule has 0 aliphatic rings. The number of rotatable bonds is 71. The van der Waals surface area contributed by atoms with Crippen molar-refractivity contribution in [1.29, 1.82) is 0 Å². The number of aliphatic hydroxyl groups is 1. The zero-order valence-electron chi connectivity index (χ0n) is 59.1. The van der Waals surface area contributed by atoms with E-state index < -0.39 is 97.5 Å². The Balaban J connectivity index is 5.18. The van der Waals surface area contributed by atoms with Crippen LogP contribution in [0.1, 0.15) is 369 Å². The van der Waals surface area contributed by atoms with Crippen molar-refractivity contribution < 1.29 is 80.2 Å². The van der Waals surface area contributed by atoms with Crippen molar-refractivity contribution in [2.45, 2.75) is 387 Å². The van der Waals surface area contributed by atoms with Gasteiger partial charge in [-0.2, -0.15) is 0 Å². The van der Waals surface area contributed by atoms with E-state index in [1.807, 2.05) is 0 Å². The molecule has 3 N–H and O–H groups in total. The maximum Gasteiger partial charge on any atom is 0.472 e. The maximum absolute atomic E-state index is 13.0. The summed E-state index contributed by atoms with van der Waals surface area (Å²) in [5.41, 5.74) is 0. The molecule has 0 fully saturated rings. The van der Waals surface area contributed by atoms with Crippen LogP contribution in [0.2, 0.25) is 0 Å². The van der Waals surface area contributed by atoms with Crippen LogP contribution in [0.15, 0.2) is 0 Å². The van der Waals surface area contributed by atoms with E-state index in [0.717, 1.165) is 96.3 Å². The van der Waals surface area contributed by atoms with Gasteiger partial charge >= 0.3 is 39.5 Å². The molecule has 0 rings (SSSR count). The molecule has 0 saturated heterocycles. The predicted octanol–water partition coefficient (Wildman–Crippen LogP) is 20.8.